The molecule has 1 heterocycles. The molecule has 0 radical (unpaired) electrons. The molecule has 0 aliphatic carbocycles. The first-order valence-electron chi connectivity index (χ1n) is 10.2. The molecule has 2 N–H and O–H groups in total. The third-order valence-corrected chi connectivity index (χ3v) is 5.12. The number of halogens is 3. The Morgan fingerprint density at radius 1 is 1.26 bits per heavy atom. The normalized spacial score (nSPS) is 18.6. The van der Waals surface area contributed by atoms with Crippen molar-refractivity contribution in [2.45, 2.75) is 38.4 Å². The molecule has 1 saturated heterocycles. The Kier molecular flexibility index (Phi) is 9.29. The van der Waals surface area contributed by atoms with Crippen molar-refractivity contribution in [2.24, 2.45) is 5.92 Å². The Bertz CT molecular complexity index is 770. The largest absolute Gasteiger partial charge is 0.416 e. The predicted octanol–water partition coefficient (Wildman–Crippen LogP) is 2.10. The molecular formula is C21H28F3N3O4. The van der Waals surface area contributed by atoms with Crippen LogP contribution < -0.4 is 10.6 Å². The molecule has 0 aromatic heterocycles. The monoisotopic (exact) mass is 443 g/mol. The van der Waals surface area contributed by atoms with E-state index in [0.29, 0.717) is 37.9 Å². The van der Waals surface area contributed by atoms with Crippen LogP contribution in [0.2, 0.25) is 0 Å². The Labute approximate surface area is 179 Å². The zero-order valence-corrected chi connectivity index (χ0v) is 17.5. The molecule has 0 saturated carbocycles. The van der Waals surface area contributed by atoms with Crippen LogP contribution in [0.4, 0.5) is 13.2 Å². The summed E-state index contributed by atoms with van der Waals surface area (Å²) in [6.45, 7) is 0.881. The topological polar surface area (TPSA) is 87.7 Å². The van der Waals surface area contributed by atoms with Gasteiger partial charge in [0.05, 0.1) is 5.56 Å². The molecule has 0 spiro atoms. The molecule has 10 heteroatoms. The van der Waals surface area contributed by atoms with Gasteiger partial charge in [0.25, 0.3) is 0 Å². The lowest BCUT2D eigenvalue weighted by molar-refractivity contribution is -0.138. The second-order valence-corrected chi connectivity index (χ2v) is 7.46. The van der Waals surface area contributed by atoms with Crippen molar-refractivity contribution >= 4 is 17.7 Å². The van der Waals surface area contributed by atoms with E-state index < -0.39 is 17.7 Å². The Morgan fingerprint density at radius 2 is 2.03 bits per heavy atom. The molecule has 172 valence electrons. The SMILES string of the molecule is COCC(=O)N1CCCC(C(=O)NCc2cccc(C(F)(F)F)c2)CCNC(=O)CC1. The van der Waals surface area contributed by atoms with E-state index in [1.165, 1.54) is 19.2 Å². The molecule has 0 bridgehead atoms. The van der Waals surface area contributed by atoms with Gasteiger partial charge in [-0.3, -0.25) is 14.4 Å². The molecule has 2 rings (SSSR count). The van der Waals surface area contributed by atoms with E-state index >= 15 is 0 Å². The number of nitrogens with zero attached hydrogens (tertiary/aromatic N) is 1. The van der Waals surface area contributed by atoms with Gasteiger partial charge in [-0.1, -0.05) is 12.1 Å². The maximum atomic E-state index is 12.9. The van der Waals surface area contributed by atoms with Crippen LogP contribution in [-0.4, -0.2) is 56.0 Å². The zero-order valence-electron chi connectivity index (χ0n) is 17.5. The highest BCUT2D eigenvalue weighted by Gasteiger charge is 2.30. The molecule has 1 aromatic carbocycles. The summed E-state index contributed by atoms with van der Waals surface area (Å²) in [6, 6.07) is 4.82. The van der Waals surface area contributed by atoms with Crippen LogP contribution in [0.25, 0.3) is 0 Å². The van der Waals surface area contributed by atoms with Crippen LogP contribution in [0.15, 0.2) is 24.3 Å². The summed E-state index contributed by atoms with van der Waals surface area (Å²) < 4.78 is 43.4. The highest BCUT2D eigenvalue weighted by Crippen LogP contribution is 2.29. The average Bonchev–Trinajstić information content (AvgIpc) is 2.76. The smallest absolute Gasteiger partial charge is 0.375 e. The minimum Gasteiger partial charge on any atom is -0.375 e. The predicted molar refractivity (Wildman–Crippen MR) is 107 cm³/mol. The van der Waals surface area contributed by atoms with Gasteiger partial charge in [-0.25, -0.2) is 0 Å². The number of rotatable bonds is 5. The molecule has 3 amide bonds. The average molecular weight is 443 g/mol. The van der Waals surface area contributed by atoms with Crippen LogP contribution in [0, 0.1) is 5.92 Å². The number of benzene rings is 1. The van der Waals surface area contributed by atoms with Gasteiger partial charge in [0, 0.05) is 45.6 Å². The van der Waals surface area contributed by atoms with Gasteiger partial charge in [-0.15, -0.1) is 0 Å². The fourth-order valence-corrected chi connectivity index (χ4v) is 3.41. The summed E-state index contributed by atoms with van der Waals surface area (Å²) in [6.07, 6.45) is -2.82. The molecule has 1 unspecified atom stereocenters. The van der Waals surface area contributed by atoms with Crippen molar-refractivity contribution in [2.75, 3.05) is 33.4 Å². The van der Waals surface area contributed by atoms with Crippen molar-refractivity contribution in [1.29, 1.82) is 0 Å². The van der Waals surface area contributed by atoms with Crippen LogP contribution in [0.1, 0.15) is 36.8 Å². The number of amides is 3. The standard InChI is InChI=1S/C21H28F3N3O4/c1-31-14-19(29)27-10-3-5-16(7-9-25-18(28)8-11-27)20(30)26-13-15-4-2-6-17(12-15)21(22,23)24/h2,4,6,12,16H,3,5,7-11,13-14H2,1H3,(H,25,28)(H,26,30). The van der Waals surface area contributed by atoms with Crippen molar-refractivity contribution in [1.82, 2.24) is 15.5 Å². The fourth-order valence-electron chi connectivity index (χ4n) is 3.41. The van der Waals surface area contributed by atoms with Crippen LogP contribution >= 0.6 is 0 Å². The second-order valence-electron chi connectivity index (χ2n) is 7.46. The molecule has 1 atom stereocenters. The fraction of sp³-hybridized carbons (Fsp3) is 0.571. The lowest BCUT2D eigenvalue weighted by atomic mass is 9.97. The van der Waals surface area contributed by atoms with Gasteiger partial charge in [-0.2, -0.15) is 13.2 Å². The Morgan fingerprint density at radius 3 is 2.74 bits per heavy atom. The van der Waals surface area contributed by atoms with E-state index in [9.17, 15) is 27.6 Å². The third-order valence-electron chi connectivity index (χ3n) is 5.12. The summed E-state index contributed by atoms with van der Waals surface area (Å²) in [5.41, 5.74) is -0.415. The summed E-state index contributed by atoms with van der Waals surface area (Å²) in [5.74, 6) is -1.15. The number of alkyl halides is 3. The molecule has 7 nitrogen and oxygen atoms in total. The van der Waals surface area contributed by atoms with Crippen molar-refractivity contribution in [3.8, 4) is 0 Å². The summed E-state index contributed by atoms with van der Waals surface area (Å²) >= 11 is 0. The van der Waals surface area contributed by atoms with Gasteiger partial charge in [-0.05, 0) is 37.0 Å². The number of methoxy groups -OCH3 is 1. The maximum absolute atomic E-state index is 12.9. The van der Waals surface area contributed by atoms with Gasteiger partial charge in [0.2, 0.25) is 17.7 Å². The molecular weight excluding hydrogens is 415 g/mol. The first kappa shape index (κ1) is 24.6. The van der Waals surface area contributed by atoms with E-state index in [0.717, 1.165) is 12.1 Å². The van der Waals surface area contributed by atoms with Gasteiger partial charge in [0.15, 0.2) is 0 Å². The third kappa shape index (κ3) is 8.20. The van der Waals surface area contributed by atoms with Crippen LogP contribution in [0.5, 0.6) is 0 Å². The maximum Gasteiger partial charge on any atom is 0.416 e. The Balaban J connectivity index is 1.97. The number of ether oxygens (including phenoxy) is 1. The molecule has 1 fully saturated rings. The lowest BCUT2D eigenvalue weighted by Gasteiger charge is -2.22. The molecule has 1 aromatic rings. The number of carbonyl (C=O) groups excluding carboxylic acids is 3. The van der Waals surface area contributed by atoms with Crippen molar-refractivity contribution in [3.63, 3.8) is 0 Å². The first-order chi connectivity index (χ1) is 14.7. The van der Waals surface area contributed by atoms with E-state index in [2.05, 4.69) is 10.6 Å². The lowest BCUT2D eigenvalue weighted by Crippen LogP contribution is -2.37. The number of hydrogen-bond acceptors (Lipinski definition) is 4. The van der Waals surface area contributed by atoms with E-state index in [4.69, 9.17) is 4.74 Å². The van der Waals surface area contributed by atoms with E-state index in [1.54, 1.807) is 4.90 Å². The van der Waals surface area contributed by atoms with Crippen LogP contribution in [-0.2, 0) is 31.8 Å². The highest BCUT2D eigenvalue weighted by atomic mass is 19.4. The van der Waals surface area contributed by atoms with Gasteiger partial charge >= 0.3 is 6.18 Å². The zero-order chi connectivity index (χ0) is 22.9. The van der Waals surface area contributed by atoms with Crippen LogP contribution in [0.3, 0.4) is 0 Å². The quantitative estimate of drug-likeness (QED) is 0.730. The van der Waals surface area contributed by atoms with Gasteiger partial charge < -0.3 is 20.3 Å². The number of carbonyl (C=O) groups is 3. The summed E-state index contributed by atoms with van der Waals surface area (Å²) in [4.78, 5) is 38.3. The minimum absolute atomic E-state index is 0.0237. The van der Waals surface area contributed by atoms with E-state index in [-0.39, 0.29) is 43.8 Å². The molecule has 31 heavy (non-hydrogen) atoms. The van der Waals surface area contributed by atoms with Gasteiger partial charge in [0.1, 0.15) is 6.61 Å². The van der Waals surface area contributed by atoms with E-state index in [1.807, 2.05) is 0 Å². The number of nitrogens with one attached hydrogen (secondary N) is 2. The van der Waals surface area contributed by atoms with Crippen molar-refractivity contribution < 1.29 is 32.3 Å². The minimum atomic E-state index is -4.45. The Hall–Kier alpha value is -2.62. The summed E-state index contributed by atoms with van der Waals surface area (Å²) in [5, 5.41) is 5.43. The molecule has 1 aliphatic rings. The number of hydrogen-bond donors (Lipinski definition) is 2. The second kappa shape index (κ2) is 11.7. The first-order valence-corrected chi connectivity index (χ1v) is 10.2. The molecule has 1 aliphatic heterocycles. The van der Waals surface area contributed by atoms with Crippen molar-refractivity contribution in [3.05, 3.63) is 35.4 Å². The highest BCUT2D eigenvalue weighted by molar-refractivity contribution is 5.80. The summed E-state index contributed by atoms with van der Waals surface area (Å²) in [7, 11) is 1.42.